The van der Waals surface area contributed by atoms with E-state index in [2.05, 4.69) is 18.7 Å². The molecule has 1 aliphatic rings. The van der Waals surface area contributed by atoms with Crippen LogP contribution in [-0.2, 0) is 16.1 Å². The number of hydrogen-bond donors (Lipinski definition) is 1. The number of benzene rings is 3. The molecule has 1 aliphatic heterocycles. The smallest absolute Gasteiger partial charge is 0.295 e. The fourth-order valence-electron chi connectivity index (χ4n) is 4.79. The highest BCUT2D eigenvalue weighted by atomic mass is 35.5. The van der Waals surface area contributed by atoms with Gasteiger partial charge in [-0.1, -0.05) is 59.6 Å². The van der Waals surface area contributed by atoms with E-state index in [1.54, 1.807) is 29.2 Å². The number of anilines is 1. The zero-order chi connectivity index (χ0) is 26.0. The van der Waals surface area contributed by atoms with Crippen LogP contribution in [-0.4, -0.2) is 34.8 Å². The Bertz CT molecular complexity index is 1330. The SMILES string of the molecule is CCN(CC)c1ccc(C2/C(=C(/O)c3cccc(Cl)c3)C(=O)C(=O)N2Cc2cc(C)ccc2C)cc1. The highest BCUT2D eigenvalue weighted by Crippen LogP contribution is 2.41. The van der Waals surface area contributed by atoms with Crippen LogP contribution in [0.25, 0.3) is 5.76 Å². The maximum absolute atomic E-state index is 13.4. The molecule has 0 saturated carbocycles. The van der Waals surface area contributed by atoms with Gasteiger partial charge < -0.3 is 14.9 Å². The summed E-state index contributed by atoms with van der Waals surface area (Å²) in [7, 11) is 0. The van der Waals surface area contributed by atoms with Gasteiger partial charge in [0, 0.05) is 35.9 Å². The number of halogens is 1. The van der Waals surface area contributed by atoms with Crippen LogP contribution in [0.1, 0.15) is 47.7 Å². The molecule has 6 heteroatoms. The summed E-state index contributed by atoms with van der Waals surface area (Å²) < 4.78 is 0. The minimum atomic E-state index is -0.727. The van der Waals surface area contributed by atoms with Crippen molar-refractivity contribution in [1.82, 2.24) is 4.90 Å². The molecular weight excluding hydrogens is 472 g/mol. The van der Waals surface area contributed by atoms with E-state index >= 15 is 0 Å². The summed E-state index contributed by atoms with van der Waals surface area (Å²) in [5, 5.41) is 11.7. The zero-order valence-corrected chi connectivity index (χ0v) is 21.8. The van der Waals surface area contributed by atoms with Gasteiger partial charge in [0.25, 0.3) is 11.7 Å². The number of rotatable bonds is 7. The van der Waals surface area contributed by atoms with Crippen LogP contribution in [0.2, 0.25) is 5.02 Å². The van der Waals surface area contributed by atoms with Gasteiger partial charge in [0.2, 0.25) is 0 Å². The number of Topliss-reactive ketones (excluding diaryl/α,β-unsaturated/α-hetero) is 1. The van der Waals surface area contributed by atoms with Crippen LogP contribution in [0.3, 0.4) is 0 Å². The molecule has 1 heterocycles. The van der Waals surface area contributed by atoms with Crippen molar-refractivity contribution in [3.8, 4) is 0 Å². The predicted molar refractivity (Wildman–Crippen MR) is 145 cm³/mol. The van der Waals surface area contributed by atoms with E-state index in [0.717, 1.165) is 41.0 Å². The summed E-state index contributed by atoms with van der Waals surface area (Å²) in [6, 6.07) is 19.9. The summed E-state index contributed by atoms with van der Waals surface area (Å²) in [6.45, 7) is 10.2. The molecular formula is C30H31ClN2O3. The molecule has 1 unspecified atom stereocenters. The van der Waals surface area contributed by atoms with Gasteiger partial charge in [-0.05, 0) is 68.7 Å². The minimum absolute atomic E-state index is 0.0724. The van der Waals surface area contributed by atoms with Crippen molar-refractivity contribution >= 4 is 34.7 Å². The number of aryl methyl sites for hydroxylation is 2. The van der Waals surface area contributed by atoms with Gasteiger partial charge in [-0.2, -0.15) is 0 Å². The molecule has 186 valence electrons. The molecule has 5 nitrogen and oxygen atoms in total. The van der Waals surface area contributed by atoms with E-state index in [1.807, 2.05) is 56.3 Å². The second-order valence-corrected chi connectivity index (χ2v) is 9.57. The monoisotopic (exact) mass is 502 g/mol. The fraction of sp³-hybridized carbons (Fsp3) is 0.267. The van der Waals surface area contributed by atoms with E-state index < -0.39 is 17.7 Å². The summed E-state index contributed by atoms with van der Waals surface area (Å²) in [6.07, 6.45) is 0. The van der Waals surface area contributed by atoms with Crippen molar-refractivity contribution in [2.75, 3.05) is 18.0 Å². The summed E-state index contributed by atoms with van der Waals surface area (Å²) >= 11 is 6.16. The van der Waals surface area contributed by atoms with Crippen LogP contribution in [0.15, 0.2) is 72.3 Å². The average molecular weight is 503 g/mol. The largest absolute Gasteiger partial charge is 0.507 e. The van der Waals surface area contributed by atoms with Gasteiger partial charge in [0.05, 0.1) is 11.6 Å². The van der Waals surface area contributed by atoms with Crippen molar-refractivity contribution in [2.45, 2.75) is 40.3 Å². The third kappa shape index (κ3) is 4.89. The average Bonchev–Trinajstić information content (AvgIpc) is 3.12. The topological polar surface area (TPSA) is 60.9 Å². The Morgan fingerprint density at radius 3 is 2.31 bits per heavy atom. The third-order valence-corrected chi connectivity index (χ3v) is 7.06. The van der Waals surface area contributed by atoms with Gasteiger partial charge in [-0.15, -0.1) is 0 Å². The first-order chi connectivity index (χ1) is 17.2. The van der Waals surface area contributed by atoms with E-state index in [9.17, 15) is 14.7 Å². The molecule has 0 bridgehead atoms. The Hall–Kier alpha value is -3.57. The Labute approximate surface area is 217 Å². The number of nitrogens with zero attached hydrogens (tertiary/aromatic N) is 2. The number of ketones is 1. The molecule has 1 atom stereocenters. The first-order valence-electron chi connectivity index (χ1n) is 12.2. The lowest BCUT2D eigenvalue weighted by atomic mass is 9.94. The fourth-order valence-corrected chi connectivity index (χ4v) is 4.98. The Morgan fingerprint density at radius 1 is 0.972 bits per heavy atom. The number of carbonyl (C=O) groups is 2. The number of amides is 1. The number of carbonyl (C=O) groups excluding carboxylic acids is 2. The molecule has 4 rings (SSSR count). The first-order valence-corrected chi connectivity index (χ1v) is 12.6. The molecule has 0 aliphatic carbocycles. The lowest BCUT2D eigenvalue weighted by Crippen LogP contribution is -2.29. The summed E-state index contributed by atoms with van der Waals surface area (Å²) in [5.41, 5.74) is 5.37. The molecule has 0 spiro atoms. The van der Waals surface area contributed by atoms with E-state index in [1.165, 1.54) is 0 Å². The zero-order valence-electron chi connectivity index (χ0n) is 21.1. The molecule has 1 saturated heterocycles. The normalized spacial score (nSPS) is 17.0. The minimum Gasteiger partial charge on any atom is -0.507 e. The summed E-state index contributed by atoms with van der Waals surface area (Å²) in [4.78, 5) is 30.5. The first kappa shape index (κ1) is 25.5. The quantitative estimate of drug-likeness (QED) is 0.230. The van der Waals surface area contributed by atoms with E-state index in [0.29, 0.717) is 10.6 Å². The maximum Gasteiger partial charge on any atom is 0.295 e. The van der Waals surface area contributed by atoms with Crippen LogP contribution in [0.4, 0.5) is 5.69 Å². The molecule has 3 aromatic rings. The van der Waals surface area contributed by atoms with Crippen molar-refractivity contribution in [3.05, 3.63) is 105 Å². The Kier molecular flexibility index (Phi) is 7.51. The molecule has 0 radical (unpaired) electrons. The van der Waals surface area contributed by atoms with E-state index in [4.69, 9.17) is 11.6 Å². The van der Waals surface area contributed by atoms with Crippen LogP contribution in [0, 0.1) is 13.8 Å². The third-order valence-electron chi connectivity index (χ3n) is 6.82. The highest BCUT2D eigenvalue weighted by molar-refractivity contribution is 6.46. The van der Waals surface area contributed by atoms with Crippen LogP contribution < -0.4 is 4.90 Å². The standard InChI is InChI=1S/C30H31ClN2O3/c1-5-32(6-2)25-14-12-21(13-15-25)27-26(28(34)22-8-7-9-24(31)17-22)29(35)30(36)33(27)18-23-16-19(3)10-11-20(23)4/h7-17,27,34H,5-6,18H2,1-4H3/b28-26-. The second kappa shape index (κ2) is 10.6. The molecule has 1 fully saturated rings. The number of likely N-dealkylation sites (tertiary alicyclic amines) is 1. The lowest BCUT2D eigenvalue weighted by molar-refractivity contribution is -0.140. The molecule has 0 aromatic heterocycles. The van der Waals surface area contributed by atoms with Crippen molar-refractivity contribution in [1.29, 1.82) is 0 Å². The van der Waals surface area contributed by atoms with Gasteiger partial charge >= 0.3 is 0 Å². The maximum atomic E-state index is 13.4. The van der Waals surface area contributed by atoms with Gasteiger partial charge in [0.1, 0.15) is 5.76 Å². The highest BCUT2D eigenvalue weighted by Gasteiger charge is 2.46. The van der Waals surface area contributed by atoms with Gasteiger partial charge in [-0.25, -0.2) is 0 Å². The number of hydrogen-bond acceptors (Lipinski definition) is 4. The molecule has 36 heavy (non-hydrogen) atoms. The molecule has 1 N–H and O–H groups in total. The summed E-state index contributed by atoms with van der Waals surface area (Å²) in [5.74, 6) is -1.55. The Balaban J connectivity index is 1.86. The molecule has 3 aromatic carbocycles. The van der Waals surface area contributed by atoms with Crippen LogP contribution in [0.5, 0.6) is 0 Å². The Morgan fingerprint density at radius 2 is 1.67 bits per heavy atom. The van der Waals surface area contributed by atoms with Crippen molar-refractivity contribution in [2.24, 2.45) is 0 Å². The molecule has 1 amide bonds. The van der Waals surface area contributed by atoms with Crippen LogP contribution >= 0.6 is 11.6 Å². The van der Waals surface area contributed by atoms with Gasteiger partial charge in [-0.3, -0.25) is 9.59 Å². The van der Waals surface area contributed by atoms with Crippen molar-refractivity contribution in [3.63, 3.8) is 0 Å². The van der Waals surface area contributed by atoms with Crippen molar-refractivity contribution < 1.29 is 14.7 Å². The number of aliphatic hydroxyl groups is 1. The predicted octanol–water partition coefficient (Wildman–Crippen LogP) is 6.42. The number of aliphatic hydroxyl groups excluding tert-OH is 1. The van der Waals surface area contributed by atoms with E-state index in [-0.39, 0.29) is 17.9 Å². The lowest BCUT2D eigenvalue weighted by Gasteiger charge is -2.27. The van der Waals surface area contributed by atoms with Gasteiger partial charge in [0.15, 0.2) is 0 Å². The second-order valence-electron chi connectivity index (χ2n) is 9.13.